The molecule has 2 nitrogen and oxygen atoms in total. The molecule has 2 rings (SSSR count). The van der Waals surface area contributed by atoms with Gasteiger partial charge in [-0.1, -0.05) is 24.3 Å². The number of hydrogen-bond donors (Lipinski definition) is 1. The summed E-state index contributed by atoms with van der Waals surface area (Å²) in [5.41, 5.74) is 0.105. The van der Waals surface area contributed by atoms with E-state index in [9.17, 15) is 13.9 Å². The number of hydrogen-bond acceptors (Lipinski definition) is 2. The Morgan fingerprint density at radius 3 is 2.53 bits per heavy atom. The summed E-state index contributed by atoms with van der Waals surface area (Å²) in [6.45, 7) is -0.138. The van der Waals surface area contributed by atoms with Crippen LogP contribution in [0.15, 0.2) is 42.5 Å². The molecule has 0 aromatic heterocycles. The molecule has 0 saturated heterocycles. The number of halogens is 2. The fourth-order valence-electron chi connectivity index (χ4n) is 1.39. The second-order valence-corrected chi connectivity index (χ2v) is 3.47. The maximum atomic E-state index is 13.3. The first kappa shape index (κ1) is 11.4. The third-order valence-corrected chi connectivity index (χ3v) is 2.28. The van der Waals surface area contributed by atoms with Gasteiger partial charge in [-0.15, -0.1) is 0 Å². The largest absolute Gasteiger partial charge is 0.504 e. The molecule has 0 amide bonds. The van der Waals surface area contributed by atoms with Crippen molar-refractivity contribution in [1.29, 1.82) is 0 Å². The number of phenolic OH excluding ortho intramolecular Hbond substituents is 1. The molecule has 0 aliphatic rings. The molecule has 2 aromatic carbocycles. The quantitative estimate of drug-likeness (QED) is 0.886. The van der Waals surface area contributed by atoms with Crippen molar-refractivity contribution in [2.24, 2.45) is 0 Å². The van der Waals surface area contributed by atoms with E-state index in [1.165, 1.54) is 18.2 Å². The van der Waals surface area contributed by atoms with Gasteiger partial charge in [-0.05, 0) is 18.2 Å². The highest BCUT2D eigenvalue weighted by Gasteiger charge is 2.08. The van der Waals surface area contributed by atoms with Gasteiger partial charge in [-0.25, -0.2) is 8.78 Å². The van der Waals surface area contributed by atoms with E-state index in [1.807, 2.05) is 0 Å². The van der Waals surface area contributed by atoms with Crippen molar-refractivity contribution < 1.29 is 18.6 Å². The fraction of sp³-hybridized carbons (Fsp3) is 0.0769. The molecule has 2 aromatic rings. The van der Waals surface area contributed by atoms with E-state index in [0.29, 0.717) is 0 Å². The highest BCUT2D eigenvalue weighted by atomic mass is 19.2. The number of phenols is 1. The lowest BCUT2D eigenvalue weighted by Gasteiger charge is -2.08. The second-order valence-electron chi connectivity index (χ2n) is 3.47. The van der Waals surface area contributed by atoms with Crippen molar-refractivity contribution in [2.75, 3.05) is 0 Å². The van der Waals surface area contributed by atoms with Crippen LogP contribution in [0.1, 0.15) is 5.56 Å². The first-order chi connectivity index (χ1) is 8.18. The van der Waals surface area contributed by atoms with Crippen molar-refractivity contribution >= 4 is 0 Å². The normalized spacial score (nSPS) is 10.2. The van der Waals surface area contributed by atoms with Gasteiger partial charge >= 0.3 is 0 Å². The van der Waals surface area contributed by atoms with Crippen LogP contribution in [0.4, 0.5) is 8.78 Å². The Labute approximate surface area is 97.1 Å². The van der Waals surface area contributed by atoms with Gasteiger partial charge in [0, 0.05) is 5.56 Å². The summed E-state index contributed by atoms with van der Waals surface area (Å²) < 4.78 is 31.4. The molecule has 88 valence electrons. The zero-order valence-electron chi connectivity index (χ0n) is 8.86. The Balaban J connectivity index is 2.13. The third-order valence-electron chi connectivity index (χ3n) is 2.28. The first-order valence-corrected chi connectivity index (χ1v) is 5.02. The standard InChI is InChI=1S/C13H10F2O2/c14-10-5-3-4-9(13(10)15)8-17-12-7-2-1-6-11(12)16/h1-7,16H,8H2. The molecule has 0 fully saturated rings. The minimum atomic E-state index is -0.928. The smallest absolute Gasteiger partial charge is 0.165 e. The topological polar surface area (TPSA) is 29.5 Å². The van der Waals surface area contributed by atoms with E-state index < -0.39 is 11.6 Å². The van der Waals surface area contributed by atoms with Crippen molar-refractivity contribution in [3.8, 4) is 11.5 Å². The lowest BCUT2D eigenvalue weighted by Crippen LogP contribution is -2.00. The van der Waals surface area contributed by atoms with Crippen LogP contribution in [0.2, 0.25) is 0 Å². The molecule has 0 unspecified atom stereocenters. The Bertz CT molecular complexity index is 527. The fourth-order valence-corrected chi connectivity index (χ4v) is 1.39. The Kier molecular flexibility index (Phi) is 3.23. The second kappa shape index (κ2) is 4.82. The Morgan fingerprint density at radius 1 is 1.00 bits per heavy atom. The van der Waals surface area contributed by atoms with Gasteiger partial charge in [-0.3, -0.25) is 0 Å². The lowest BCUT2D eigenvalue weighted by molar-refractivity contribution is 0.282. The van der Waals surface area contributed by atoms with Gasteiger partial charge in [0.25, 0.3) is 0 Å². The average Bonchev–Trinajstić information content (AvgIpc) is 2.33. The predicted molar refractivity (Wildman–Crippen MR) is 58.8 cm³/mol. The summed E-state index contributed by atoms with van der Waals surface area (Å²) in [7, 11) is 0. The van der Waals surface area contributed by atoms with Crippen LogP contribution in [0.25, 0.3) is 0 Å². The number of benzene rings is 2. The van der Waals surface area contributed by atoms with Crippen LogP contribution in [-0.4, -0.2) is 5.11 Å². The van der Waals surface area contributed by atoms with Gasteiger partial charge in [0.15, 0.2) is 23.1 Å². The minimum Gasteiger partial charge on any atom is -0.504 e. The van der Waals surface area contributed by atoms with Gasteiger partial charge < -0.3 is 9.84 Å². The van der Waals surface area contributed by atoms with Crippen LogP contribution in [-0.2, 0) is 6.61 Å². The summed E-state index contributed by atoms with van der Waals surface area (Å²) in [4.78, 5) is 0. The molecular weight excluding hydrogens is 226 g/mol. The third kappa shape index (κ3) is 2.53. The SMILES string of the molecule is Oc1ccccc1OCc1cccc(F)c1F. The summed E-state index contributed by atoms with van der Waals surface area (Å²) in [5, 5.41) is 9.42. The molecule has 0 radical (unpaired) electrons. The highest BCUT2D eigenvalue weighted by molar-refractivity contribution is 5.38. The molecule has 0 bridgehead atoms. The van der Waals surface area contributed by atoms with E-state index >= 15 is 0 Å². The zero-order valence-corrected chi connectivity index (χ0v) is 8.86. The zero-order chi connectivity index (χ0) is 12.3. The van der Waals surface area contributed by atoms with Gasteiger partial charge in [0.05, 0.1) is 0 Å². The summed E-state index contributed by atoms with van der Waals surface area (Å²) in [6.07, 6.45) is 0. The minimum absolute atomic E-state index is 0.0377. The van der Waals surface area contributed by atoms with E-state index in [2.05, 4.69) is 0 Å². The summed E-state index contributed by atoms with van der Waals surface area (Å²) in [6, 6.07) is 10.2. The molecule has 17 heavy (non-hydrogen) atoms. The van der Waals surface area contributed by atoms with Crippen molar-refractivity contribution in [3.05, 3.63) is 59.7 Å². The number of para-hydroxylation sites is 2. The molecule has 0 heterocycles. The van der Waals surface area contributed by atoms with Crippen LogP contribution in [0.3, 0.4) is 0 Å². The van der Waals surface area contributed by atoms with Gasteiger partial charge in [0.1, 0.15) is 6.61 Å². The monoisotopic (exact) mass is 236 g/mol. The van der Waals surface area contributed by atoms with Crippen molar-refractivity contribution in [1.82, 2.24) is 0 Å². The molecule has 0 saturated carbocycles. The molecular formula is C13H10F2O2. The highest BCUT2D eigenvalue weighted by Crippen LogP contribution is 2.25. The Morgan fingerprint density at radius 2 is 1.76 bits per heavy atom. The van der Waals surface area contributed by atoms with Gasteiger partial charge in [-0.2, -0.15) is 0 Å². The number of aromatic hydroxyl groups is 1. The predicted octanol–water partition coefficient (Wildman–Crippen LogP) is 3.25. The molecule has 0 atom stereocenters. The van der Waals surface area contributed by atoms with E-state index in [1.54, 1.807) is 18.2 Å². The van der Waals surface area contributed by atoms with Crippen molar-refractivity contribution in [2.45, 2.75) is 6.61 Å². The van der Waals surface area contributed by atoms with Crippen LogP contribution in [0.5, 0.6) is 11.5 Å². The maximum Gasteiger partial charge on any atom is 0.165 e. The maximum absolute atomic E-state index is 13.3. The van der Waals surface area contributed by atoms with Crippen molar-refractivity contribution in [3.63, 3.8) is 0 Å². The molecule has 0 aliphatic heterocycles. The summed E-state index contributed by atoms with van der Waals surface area (Å²) in [5.74, 6) is -1.65. The first-order valence-electron chi connectivity index (χ1n) is 5.02. The Hall–Kier alpha value is -2.10. The van der Waals surface area contributed by atoms with Gasteiger partial charge in [0.2, 0.25) is 0 Å². The number of rotatable bonds is 3. The van der Waals surface area contributed by atoms with Crippen LogP contribution in [0, 0.1) is 11.6 Å². The van der Waals surface area contributed by atoms with E-state index in [-0.39, 0.29) is 23.7 Å². The molecule has 4 heteroatoms. The lowest BCUT2D eigenvalue weighted by atomic mass is 10.2. The van der Waals surface area contributed by atoms with Crippen LogP contribution < -0.4 is 4.74 Å². The molecule has 0 spiro atoms. The molecule has 0 aliphatic carbocycles. The molecule has 1 N–H and O–H groups in total. The average molecular weight is 236 g/mol. The van der Waals surface area contributed by atoms with Crippen LogP contribution >= 0.6 is 0 Å². The number of ether oxygens (including phenoxy) is 1. The summed E-state index contributed by atoms with van der Waals surface area (Å²) >= 11 is 0. The van der Waals surface area contributed by atoms with E-state index in [0.717, 1.165) is 6.07 Å². The van der Waals surface area contributed by atoms with E-state index in [4.69, 9.17) is 4.74 Å².